The molecular formula is C32H36N2O5. The van der Waals surface area contributed by atoms with Crippen LogP contribution in [0.1, 0.15) is 51.8 Å². The van der Waals surface area contributed by atoms with E-state index in [0.717, 1.165) is 30.6 Å². The van der Waals surface area contributed by atoms with E-state index in [1.54, 1.807) is 45.4 Å². The zero-order valence-corrected chi connectivity index (χ0v) is 23.1. The van der Waals surface area contributed by atoms with Crippen LogP contribution in [0.3, 0.4) is 0 Å². The van der Waals surface area contributed by atoms with Gasteiger partial charge in [-0.15, -0.1) is 0 Å². The van der Waals surface area contributed by atoms with Crippen molar-refractivity contribution in [1.29, 1.82) is 0 Å². The molecule has 5 rings (SSSR count). The fraction of sp³-hybridized carbons (Fsp3) is 0.375. The van der Waals surface area contributed by atoms with Crippen LogP contribution in [0.4, 0.5) is 0 Å². The summed E-state index contributed by atoms with van der Waals surface area (Å²) < 4.78 is 16.4. The molecule has 0 radical (unpaired) electrons. The first-order valence-corrected chi connectivity index (χ1v) is 13.4. The molecular weight excluding hydrogens is 492 g/mol. The molecule has 1 fully saturated rings. The van der Waals surface area contributed by atoms with E-state index in [1.807, 2.05) is 35.2 Å². The number of methoxy groups -OCH3 is 3. The van der Waals surface area contributed by atoms with Gasteiger partial charge in [0.15, 0.2) is 11.5 Å². The Morgan fingerprint density at radius 3 is 2.13 bits per heavy atom. The summed E-state index contributed by atoms with van der Waals surface area (Å²) in [6, 6.07) is 21.2. The van der Waals surface area contributed by atoms with Crippen molar-refractivity contribution in [2.45, 2.75) is 31.2 Å². The van der Waals surface area contributed by atoms with Crippen LogP contribution in [0.15, 0.2) is 66.7 Å². The molecule has 0 N–H and O–H groups in total. The Kier molecular flexibility index (Phi) is 7.77. The maximum absolute atomic E-state index is 14.4. The number of nitrogens with zero attached hydrogens (tertiary/aromatic N) is 2. The summed E-state index contributed by atoms with van der Waals surface area (Å²) in [5, 5.41) is 0. The predicted octanol–water partition coefficient (Wildman–Crippen LogP) is 5.10. The highest BCUT2D eigenvalue weighted by atomic mass is 16.5. The normalized spacial score (nSPS) is 19.4. The lowest BCUT2D eigenvalue weighted by molar-refractivity contribution is -0.136. The number of ether oxygens (including phenoxy) is 3. The Morgan fingerprint density at radius 1 is 0.872 bits per heavy atom. The minimum absolute atomic E-state index is 0.0294. The second-order valence-electron chi connectivity index (χ2n) is 10.4. The molecule has 0 aromatic heterocycles. The third kappa shape index (κ3) is 5.18. The highest BCUT2D eigenvalue weighted by Gasteiger charge is 2.45. The van der Waals surface area contributed by atoms with E-state index < -0.39 is 12.0 Å². The first kappa shape index (κ1) is 26.6. The quantitative estimate of drug-likeness (QED) is 0.427. The Morgan fingerprint density at radius 2 is 1.51 bits per heavy atom. The van der Waals surface area contributed by atoms with Crippen LogP contribution in [0.25, 0.3) is 0 Å². The van der Waals surface area contributed by atoms with Crippen LogP contribution >= 0.6 is 0 Å². The lowest BCUT2D eigenvalue weighted by Crippen LogP contribution is -2.48. The van der Waals surface area contributed by atoms with Gasteiger partial charge in [0.1, 0.15) is 5.75 Å². The van der Waals surface area contributed by atoms with Gasteiger partial charge in [0.25, 0.3) is 5.91 Å². The zero-order chi connectivity index (χ0) is 27.5. The molecule has 2 amide bonds. The first-order chi connectivity index (χ1) is 18.9. The minimum Gasteiger partial charge on any atom is -0.497 e. The number of likely N-dealkylation sites (tertiary alicyclic amines) is 1. The van der Waals surface area contributed by atoms with Gasteiger partial charge in [-0.2, -0.15) is 0 Å². The van der Waals surface area contributed by atoms with Gasteiger partial charge >= 0.3 is 0 Å². The summed E-state index contributed by atoms with van der Waals surface area (Å²) in [4.78, 5) is 31.7. The summed E-state index contributed by atoms with van der Waals surface area (Å²) in [5.74, 6) is 1.52. The number of rotatable bonds is 7. The summed E-state index contributed by atoms with van der Waals surface area (Å²) in [6.45, 7) is 1.39. The van der Waals surface area contributed by atoms with Crippen LogP contribution in [-0.2, 0) is 11.2 Å². The molecule has 3 aromatic carbocycles. The maximum atomic E-state index is 14.4. The van der Waals surface area contributed by atoms with Gasteiger partial charge in [-0.3, -0.25) is 9.59 Å². The van der Waals surface area contributed by atoms with Crippen LogP contribution in [0, 0.1) is 5.92 Å². The zero-order valence-electron chi connectivity index (χ0n) is 23.1. The molecule has 0 bridgehead atoms. The molecule has 39 heavy (non-hydrogen) atoms. The molecule has 0 spiro atoms. The molecule has 2 atom stereocenters. The average Bonchev–Trinajstić information content (AvgIpc) is 2.99. The summed E-state index contributed by atoms with van der Waals surface area (Å²) in [6.07, 6.45) is 2.93. The summed E-state index contributed by atoms with van der Waals surface area (Å²) in [7, 11) is 6.50. The van der Waals surface area contributed by atoms with Crippen molar-refractivity contribution in [3.8, 4) is 17.2 Å². The van der Waals surface area contributed by atoms with Gasteiger partial charge in [0, 0.05) is 25.7 Å². The van der Waals surface area contributed by atoms with Gasteiger partial charge in [-0.25, -0.2) is 0 Å². The number of likely N-dealkylation sites (N-methyl/N-ethyl adjacent to an activating group) is 1. The van der Waals surface area contributed by atoms with Gasteiger partial charge in [0.2, 0.25) is 5.91 Å². The maximum Gasteiger partial charge on any atom is 0.254 e. The van der Waals surface area contributed by atoms with Crippen LogP contribution in [0.5, 0.6) is 17.2 Å². The van der Waals surface area contributed by atoms with Crippen molar-refractivity contribution < 1.29 is 23.8 Å². The Hall–Kier alpha value is -4.00. The number of benzene rings is 3. The molecule has 2 aliphatic heterocycles. The molecule has 7 nitrogen and oxygen atoms in total. The molecule has 0 saturated carbocycles. The van der Waals surface area contributed by atoms with E-state index in [2.05, 4.69) is 24.3 Å². The lowest BCUT2D eigenvalue weighted by Gasteiger charge is -2.43. The van der Waals surface area contributed by atoms with Crippen molar-refractivity contribution in [2.75, 3.05) is 41.5 Å². The predicted molar refractivity (Wildman–Crippen MR) is 150 cm³/mol. The van der Waals surface area contributed by atoms with E-state index in [-0.39, 0.29) is 11.8 Å². The number of hydrogen-bond donors (Lipinski definition) is 0. The second-order valence-corrected chi connectivity index (χ2v) is 10.4. The number of carbonyl (C=O) groups excluding carboxylic acids is 2. The molecule has 3 aromatic rings. The van der Waals surface area contributed by atoms with Crippen molar-refractivity contribution in [1.82, 2.24) is 9.80 Å². The van der Waals surface area contributed by atoms with Crippen LogP contribution < -0.4 is 14.2 Å². The Balaban J connectivity index is 1.49. The van der Waals surface area contributed by atoms with Crippen molar-refractivity contribution in [3.05, 3.63) is 89.0 Å². The third-order valence-electron chi connectivity index (χ3n) is 8.19. The molecule has 0 aliphatic carbocycles. The van der Waals surface area contributed by atoms with Gasteiger partial charge in [-0.05, 0) is 66.1 Å². The average molecular weight is 529 g/mol. The number of amides is 2. The highest BCUT2D eigenvalue weighted by molar-refractivity contribution is 6.02. The van der Waals surface area contributed by atoms with Crippen molar-refractivity contribution in [3.63, 3.8) is 0 Å². The standard InChI is InChI=1S/C32H36N2O5/c1-33-30(23-10-12-24(37-2)13-11-23)29(25-19-27(38-3)28(39-4)20-26(25)31(33)35)32(36)34-16-14-22(15-17-34)18-21-8-6-5-7-9-21/h5-13,19-20,22,29-30H,14-18H2,1-4H3. The Bertz CT molecular complexity index is 1320. The number of fused-ring (bicyclic) bond motifs is 1. The van der Waals surface area contributed by atoms with Gasteiger partial charge < -0.3 is 24.0 Å². The van der Waals surface area contributed by atoms with E-state index >= 15 is 0 Å². The first-order valence-electron chi connectivity index (χ1n) is 13.4. The second kappa shape index (κ2) is 11.4. The van der Waals surface area contributed by atoms with Gasteiger partial charge in [-0.1, -0.05) is 42.5 Å². The molecule has 2 aliphatic rings. The number of piperidine rings is 1. The molecule has 2 unspecified atom stereocenters. The van der Waals surface area contributed by atoms with Gasteiger partial charge in [0.05, 0.1) is 33.3 Å². The Labute approximate surface area is 230 Å². The van der Waals surface area contributed by atoms with E-state index in [4.69, 9.17) is 14.2 Å². The molecule has 204 valence electrons. The van der Waals surface area contributed by atoms with Crippen molar-refractivity contribution in [2.24, 2.45) is 5.92 Å². The lowest BCUT2D eigenvalue weighted by atomic mass is 9.78. The number of hydrogen-bond acceptors (Lipinski definition) is 5. The molecule has 7 heteroatoms. The van der Waals surface area contributed by atoms with E-state index in [1.165, 1.54) is 5.56 Å². The topological polar surface area (TPSA) is 68.3 Å². The van der Waals surface area contributed by atoms with E-state index in [9.17, 15) is 9.59 Å². The summed E-state index contributed by atoms with van der Waals surface area (Å²) >= 11 is 0. The summed E-state index contributed by atoms with van der Waals surface area (Å²) in [5.41, 5.74) is 3.36. The van der Waals surface area contributed by atoms with E-state index in [0.29, 0.717) is 41.6 Å². The third-order valence-corrected chi connectivity index (χ3v) is 8.19. The number of carbonyl (C=O) groups is 2. The van der Waals surface area contributed by atoms with Crippen molar-refractivity contribution >= 4 is 11.8 Å². The highest BCUT2D eigenvalue weighted by Crippen LogP contribution is 2.46. The smallest absolute Gasteiger partial charge is 0.254 e. The fourth-order valence-corrected chi connectivity index (χ4v) is 6.03. The fourth-order valence-electron chi connectivity index (χ4n) is 6.03. The molecule has 1 saturated heterocycles. The molecule has 2 heterocycles. The largest absolute Gasteiger partial charge is 0.497 e. The SMILES string of the molecule is COc1ccc(C2C(C(=O)N3CCC(Cc4ccccc4)CC3)c3cc(OC)c(OC)cc3C(=O)N2C)cc1. The monoisotopic (exact) mass is 528 g/mol. The minimum atomic E-state index is -0.582. The van der Waals surface area contributed by atoms with Crippen LogP contribution in [0.2, 0.25) is 0 Å². The van der Waals surface area contributed by atoms with Crippen LogP contribution in [-0.4, -0.2) is 63.1 Å².